The number of sulfonamides is 1. The molecule has 0 bridgehead atoms. The van der Waals surface area contributed by atoms with Crippen LogP contribution in [0.1, 0.15) is 25.3 Å². The molecule has 2 aromatic rings. The Morgan fingerprint density at radius 2 is 1.85 bits per heavy atom. The Bertz CT molecular complexity index is 1140. The molecule has 2 fully saturated rings. The molecule has 0 radical (unpaired) electrons. The highest BCUT2D eigenvalue weighted by molar-refractivity contribution is 7.89. The van der Waals surface area contributed by atoms with Gasteiger partial charge < -0.3 is 14.4 Å². The van der Waals surface area contributed by atoms with Crippen LogP contribution in [0.2, 0.25) is 0 Å². The van der Waals surface area contributed by atoms with Crippen molar-refractivity contribution in [3.8, 4) is 0 Å². The van der Waals surface area contributed by atoms with Gasteiger partial charge in [-0.2, -0.15) is 4.31 Å². The average molecular weight is 476 g/mol. The Morgan fingerprint density at radius 1 is 1.15 bits per heavy atom. The number of ether oxygens (including phenoxy) is 2. The highest BCUT2D eigenvalue weighted by Crippen LogP contribution is 2.29. The van der Waals surface area contributed by atoms with E-state index in [0.29, 0.717) is 44.7 Å². The van der Waals surface area contributed by atoms with Crippen molar-refractivity contribution in [1.82, 2.24) is 14.2 Å². The summed E-state index contributed by atoms with van der Waals surface area (Å²) < 4.78 is 38.7. The van der Waals surface area contributed by atoms with E-state index in [-0.39, 0.29) is 23.9 Å². The number of hydrogen-bond acceptors (Lipinski definition) is 7. The SMILES string of the molecule is Cc1cnc2c(S(=O)(=O)N3CCC(C(=O)OC(C)C(=O)N4CCOCC4)CC3)cccc2c1. The van der Waals surface area contributed by atoms with Crippen molar-refractivity contribution < 1.29 is 27.5 Å². The topological polar surface area (TPSA) is 106 Å². The number of piperidine rings is 1. The molecule has 1 atom stereocenters. The molecule has 3 heterocycles. The summed E-state index contributed by atoms with van der Waals surface area (Å²) in [5.41, 5.74) is 1.40. The minimum Gasteiger partial charge on any atom is -0.452 e. The zero-order valence-corrected chi connectivity index (χ0v) is 19.7. The summed E-state index contributed by atoms with van der Waals surface area (Å²) in [6.45, 7) is 5.82. The fourth-order valence-electron chi connectivity index (χ4n) is 4.28. The third kappa shape index (κ3) is 5.02. The quantitative estimate of drug-likeness (QED) is 0.607. The summed E-state index contributed by atoms with van der Waals surface area (Å²) in [7, 11) is -3.76. The van der Waals surface area contributed by atoms with E-state index in [0.717, 1.165) is 10.9 Å². The van der Waals surface area contributed by atoms with Crippen LogP contribution in [-0.2, 0) is 29.1 Å². The fraction of sp³-hybridized carbons (Fsp3) is 0.522. The van der Waals surface area contributed by atoms with Gasteiger partial charge in [-0.15, -0.1) is 0 Å². The van der Waals surface area contributed by atoms with Crippen LogP contribution in [0.4, 0.5) is 0 Å². The van der Waals surface area contributed by atoms with Gasteiger partial charge in [0.05, 0.1) is 24.6 Å². The van der Waals surface area contributed by atoms with Crippen molar-refractivity contribution >= 4 is 32.8 Å². The first kappa shape index (κ1) is 23.6. The van der Waals surface area contributed by atoms with Gasteiger partial charge in [0.1, 0.15) is 4.90 Å². The number of para-hydroxylation sites is 1. The van der Waals surface area contributed by atoms with Crippen LogP contribution in [0.25, 0.3) is 10.9 Å². The third-order valence-corrected chi connectivity index (χ3v) is 8.11. The number of rotatable bonds is 5. The zero-order valence-electron chi connectivity index (χ0n) is 18.9. The standard InChI is InChI=1S/C23H29N3O6S/c1-16-14-19-4-3-5-20(21(19)24-15-16)33(29,30)26-8-6-18(7-9-26)23(28)32-17(2)22(27)25-10-12-31-13-11-25/h3-5,14-15,17-18H,6-13H2,1-2H3. The summed E-state index contributed by atoms with van der Waals surface area (Å²) in [6, 6.07) is 7.03. The van der Waals surface area contributed by atoms with Gasteiger partial charge in [-0.3, -0.25) is 14.6 Å². The normalized spacial score (nSPS) is 19.4. The first-order chi connectivity index (χ1) is 15.8. The molecule has 1 aromatic carbocycles. The Balaban J connectivity index is 1.38. The van der Waals surface area contributed by atoms with Gasteiger partial charge in [0.15, 0.2) is 6.10 Å². The third-order valence-electron chi connectivity index (χ3n) is 6.18. The molecule has 0 aliphatic carbocycles. The van der Waals surface area contributed by atoms with Crippen molar-refractivity contribution in [3.05, 3.63) is 36.0 Å². The largest absolute Gasteiger partial charge is 0.452 e. The highest BCUT2D eigenvalue weighted by Gasteiger charge is 2.35. The predicted molar refractivity (Wildman–Crippen MR) is 121 cm³/mol. The van der Waals surface area contributed by atoms with Crippen LogP contribution in [0, 0.1) is 12.8 Å². The van der Waals surface area contributed by atoms with Crippen LogP contribution in [-0.4, -0.2) is 80.0 Å². The Labute approximate surface area is 193 Å². The van der Waals surface area contributed by atoms with E-state index in [1.54, 1.807) is 30.2 Å². The summed E-state index contributed by atoms with van der Waals surface area (Å²) in [6.07, 6.45) is 1.47. The van der Waals surface area contributed by atoms with E-state index in [9.17, 15) is 18.0 Å². The van der Waals surface area contributed by atoms with E-state index in [2.05, 4.69) is 4.98 Å². The Hall–Kier alpha value is -2.56. The van der Waals surface area contributed by atoms with Crippen LogP contribution in [0.3, 0.4) is 0 Å². The van der Waals surface area contributed by atoms with E-state index in [1.807, 2.05) is 19.1 Å². The lowest BCUT2D eigenvalue weighted by molar-refractivity contribution is -0.164. The molecule has 0 spiro atoms. The lowest BCUT2D eigenvalue weighted by atomic mass is 9.98. The van der Waals surface area contributed by atoms with Crippen LogP contribution in [0.15, 0.2) is 35.4 Å². The number of nitrogens with zero attached hydrogens (tertiary/aromatic N) is 3. The molecule has 33 heavy (non-hydrogen) atoms. The number of aromatic nitrogens is 1. The monoisotopic (exact) mass is 475 g/mol. The Morgan fingerprint density at radius 3 is 2.55 bits per heavy atom. The molecule has 10 heteroatoms. The van der Waals surface area contributed by atoms with Crippen molar-refractivity contribution in [3.63, 3.8) is 0 Å². The van der Waals surface area contributed by atoms with E-state index in [1.165, 1.54) is 4.31 Å². The van der Waals surface area contributed by atoms with Crippen molar-refractivity contribution in [2.45, 2.75) is 37.7 Å². The van der Waals surface area contributed by atoms with Gasteiger partial charge in [-0.25, -0.2) is 8.42 Å². The van der Waals surface area contributed by atoms with Crippen LogP contribution < -0.4 is 0 Å². The maximum atomic E-state index is 13.3. The second kappa shape index (κ2) is 9.74. The smallest absolute Gasteiger partial charge is 0.309 e. The number of esters is 1. The van der Waals surface area contributed by atoms with Crippen molar-refractivity contribution in [2.24, 2.45) is 5.92 Å². The van der Waals surface area contributed by atoms with Gasteiger partial charge >= 0.3 is 5.97 Å². The van der Waals surface area contributed by atoms with Crippen molar-refractivity contribution in [2.75, 3.05) is 39.4 Å². The van der Waals surface area contributed by atoms with Crippen LogP contribution in [0.5, 0.6) is 0 Å². The summed E-state index contributed by atoms with van der Waals surface area (Å²) >= 11 is 0. The lowest BCUT2D eigenvalue weighted by Gasteiger charge is -2.32. The van der Waals surface area contributed by atoms with Gasteiger partial charge in [-0.1, -0.05) is 12.1 Å². The number of fused-ring (bicyclic) bond motifs is 1. The molecule has 178 valence electrons. The number of carbonyl (C=O) groups excluding carboxylic acids is 2. The lowest BCUT2D eigenvalue weighted by Crippen LogP contribution is -2.47. The van der Waals surface area contributed by atoms with Gasteiger partial charge in [0.25, 0.3) is 5.91 Å². The molecule has 2 aliphatic heterocycles. The number of pyridine rings is 1. The second-order valence-corrected chi connectivity index (χ2v) is 10.4. The average Bonchev–Trinajstić information content (AvgIpc) is 2.83. The Kier molecular flexibility index (Phi) is 6.96. The summed E-state index contributed by atoms with van der Waals surface area (Å²) in [4.78, 5) is 31.3. The van der Waals surface area contributed by atoms with E-state index in [4.69, 9.17) is 9.47 Å². The minimum atomic E-state index is -3.76. The predicted octanol–water partition coefficient (Wildman–Crippen LogP) is 1.73. The maximum Gasteiger partial charge on any atom is 0.309 e. The summed E-state index contributed by atoms with van der Waals surface area (Å²) in [5.74, 6) is -1.13. The van der Waals surface area contributed by atoms with Crippen molar-refractivity contribution in [1.29, 1.82) is 0 Å². The van der Waals surface area contributed by atoms with Gasteiger partial charge in [0, 0.05) is 37.8 Å². The van der Waals surface area contributed by atoms with E-state index < -0.39 is 28.0 Å². The van der Waals surface area contributed by atoms with Gasteiger partial charge in [0.2, 0.25) is 10.0 Å². The molecule has 4 rings (SSSR count). The molecule has 1 amide bonds. The number of hydrogen-bond donors (Lipinski definition) is 0. The number of aryl methyl sites for hydroxylation is 1. The fourth-order valence-corrected chi connectivity index (χ4v) is 5.92. The minimum absolute atomic E-state index is 0.172. The number of benzene rings is 1. The highest BCUT2D eigenvalue weighted by atomic mass is 32.2. The first-order valence-corrected chi connectivity index (χ1v) is 12.6. The summed E-state index contributed by atoms with van der Waals surface area (Å²) in [5, 5.41) is 0.772. The molecule has 0 N–H and O–H groups in total. The zero-order chi connectivity index (χ0) is 23.6. The molecule has 0 saturated carbocycles. The molecule has 2 saturated heterocycles. The molecular formula is C23H29N3O6S. The molecular weight excluding hydrogens is 446 g/mol. The molecule has 2 aliphatic rings. The molecule has 1 aromatic heterocycles. The maximum absolute atomic E-state index is 13.3. The number of morpholine rings is 1. The second-order valence-electron chi connectivity index (χ2n) is 8.54. The van der Waals surface area contributed by atoms with Gasteiger partial charge in [-0.05, 0) is 44.4 Å². The number of amides is 1. The van der Waals surface area contributed by atoms with E-state index >= 15 is 0 Å². The first-order valence-electron chi connectivity index (χ1n) is 11.2. The van der Waals surface area contributed by atoms with Crippen LogP contribution >= 0.6 is 0 Å². The molecule has 9 nitrogen and oxygen atoms in total. The molecule has 1 unspecified atom stereocenters. The number of carbonyl (C=O) groups is 2.